The maximum atomic E-state index is 11.7. The molecule has 0 amide bonds. The Labute approximate surface area is 100 Å². The van der Waals surface area contributed by atoms with E-state index in [0.29, 0.717) is 6.42 Å². The minimum atomic E-state index is 0.278. The zero-order valence-electron chi connectivity index (χ0n) is 9.81. The van der Waals surface area contributed by atoms with Crippen molar-refractivity contribution in [1.82, 2.24) is 9.55 Å². The molecule has 0 atom stereocenters. The van der Waals surface area contributed by atoms with Gasteiger partial charge in [-0.2, -0.15) is 0 Å². The van der Waals surface area contributed by atoms with Crippen LogP contribution in [0.1, 0.15) is 34.6 Å². The summed E-state index contributed by atoms with van der Waals surface area (Å²) in [6.45, 7) is 1.98. The fourth-order valence-electron chi connectivity index (χ4n) is 2.43. The van der Waals surface area contributed by atoms with E-state index in [2.05, 4.69) is 11.1 Å². The van der Waals surface area contributed by atoms with Gasteiger partial charge < -0.3 is 4.57 Å². The summed E-state index contributed by atoms with van der Waals surface area (Å²) in [5.74, 6) is 1.24. The van der Waals surface area contributed by atoms with Crippen molar-refractivity contribution in [2.75, 3.05) is 0 Å². The number of hydrogen-bond acceptors (Lipinski definition) is 2. The van der Waals surface area contributed by atoms with Crippen LogP contribution >= 0.6 is 0 Å². The summed E-state index contributed by atoms with van der Waals surface area (Å²) in [5.41, 5.74) is 3.16. The van der Waals surface area contributed by atoms with Gasteiger partial charge in [-0.05, 0) is 43.5 Å². The van der Waals surface area contributed by atoms with E-state index < -0.39 is 0 Å². The molecule has 1 aromatic carbocycles. The molecule has 1 aliphatic carbocycles. The molecule has 17 heavy (non-hydrogen) atoms. The monoisotopic (exact) mass is 226 g/mol. The fourth-order valence-corrected chi connectivity index (χ4v) is 2.43. The Bertz CT molecular complexity index is 584. The Kier molecular flexibility index (Phi) is 2.32. The van der Waals surface area contributed by atoms with Crippen LogP contribution in [0.25, 0.3) is 5.69 Å². The van der Waals surface area contributed by atoms with Gasteiger partial charge in [-0.3, -0.25) is 4.79 Å². The minimum absolute atomic E-state index is 0.278. The zero-order valence-corrected chi connectivity index (χ0v) is 9.81. The second kappa shape index (κ2) is 3.84. The molecule has 0 bridgehead atoms. The van der Waals surface area contributed by atoms with E-state index in [1.54, 1.807) is 6.20 Å². The van der Waals surface area contributed by atoms with Crippen LogP contribution in [-0.2, 0) is 6.42 Å². The molecule has 0 radical (unpaired) electrons. The van der Waals surface area contributed by atoms with Crippen LogP contribution < -0.4 is 0 Å². The predicted octanol–water partition coefficient (Wildman–Crippen LogP) is 2.70. The predicted molar refractivity (Wildman–Crippen MR) is 65.6 cm³/mol. The van der Waals surface area contributed by atoms with Crippen molar-refractivity contribution >= 4 is 5.78 Å². The molecular formula is C14H14N2O. The van der Waals surface area contributed by atoms with Crippen molar-refractivity contribution in [2.24, 2.45) is 0 Å². The first-order valence-electron chi connectivity index (χ1n) is 5.92. The molecule has 1 heterocycles. The maximum Gasteiger partial charge on any atom is 0.163 e. The SMILES string of the molecule is Cc1nccn1-c1ccc2c(c1)CCCC2=O. The van der Waals surface area contributed by atoms with Crippen molar-refractivity contribution in [2.45, 2.75) is 26.2 Å². The fraction of sp³-hybridized carbons (Fsp3) is 0.286. The van der Waals surface area contributed by atoms with Crippen LogP contribution in [0, 0.1) is 6.92 Å². The molecule has 0 aliphatic heterocycles. The van der Waals surface area contributed by atoms with Gasteiger partial charge in [-0.15, -0.1) is 0 Å². The lowest BCUT2D eigenvalue weighted by atomic mass is 9.90. The highest BCUT2D eigenvalue weighted by Gasteiger charge is 2.17. The number of Topliss-reactive ketones (excluding diaryl/α,β-unsaturated/α-hetero) is 1. The number of hydrogen-bond donors (Lipinski definition) is 0. The van der Waals surface area contributed by atoms with Crippen LogP contribution in [0.2, 0.25) is 0 Å². The first kappa shape index (κ1) is 10.3. The molecule has 0 spiro atoms. The summed E-state index contributed by atoms with van der Waals surface area (Å²) in [6, 6.07) is 6.06. The lowest BCUT2D eigenvalue weighted by molar-refractivity contribution is 0.0972. The summed E-state index contributed by atoms with van der Waals surface area (Å²) in [5, 5.41) is 0. The van der Waals surface area contributed by atoms with Crippen molar-refractivity contribution in [3.05, 3.63) is 47.5 Å². The van der Waals surface area contributed by atoms with E-state index in [9.17, 15) is 4.79 Å². The molecule has 3 nitrogen and oxygen atoms in total. The van der Waals surface area contributed by atoms with Gasteiger partial charge in [0.25, 0.3) is 0 Å². The van der Waals surface area contributed by atoms with E-state index in [-0.39, 0.29) is 5.78 Å². The van der Waals surface area contributed by atoms with Gasteiger partial charge in [0.1, 0.15) is 5.82 Å². The summed E-state index contributed by atoms with van der Waals surface area (Å²) in [6.07, 6.45) is 6.40. The first-order valence-corrected chi connectivity index (χ1v) is 5.92. The highest BCUT2D eigenvalue weighted by Crippen LogP contribution is 2.24. The van der Waals surface area contributed by atoms with Crippen molar-refractivity contribution in [3.8, 4) is 5.69 Å². The third-order valence-electron chi connectivity index (χ3n) is 3.34. The molecule has 0 N–H and O–H groups in total. The lowest BCUT2D eigenvalue weighted by Crippen LogP contribution is -2.11. The molecular weight excluding hydrogens is 212 g/mol. The molecule has 3 rings (SSSR count). The summed E-state index contributed by atoms with van der Waals surface area (Å²) in [4.78, 5) is 15.9. The number of rotatable bonds is 1. The van der Waals surface area contributed by atoms with Gasteiger partial charge in [0.05, 0.1) is 0 Å². The van der Waals surface area contributed by atoms with Gasteiger partial charge in [0.15, 0.2) is 5.78 Å². The molecule has 0 fully saturated rings. The first-order chi connectivity index (χ1) is 8.25. The van der Waals surface area contributed by atoms with Crippen molar-refractivity contribution in [1.29, 1.82) is 0 Å². The third-order valence-corrected chi connectivity index (χ3v) is 3.34. The Balaban J connectivity index is 2.10. The average molecular weight is 226 g/mol. The van der Waals surface area contributed by atoms with E-state index in [0.717, 1.165) is 29.9 Å². The highest BCUT2D eigenvalue weighted by atomic mass is 16.1. The molecule has 2 aromatic rings. The second-order valence-electron chi connectivity index (χ2n) is 4.46. The van der Waals surface area contributed by atoms with Crippen LogP contribution in [-0.4, -0.2) is 15.3 Å². The number of imidazole rings is 1. The highest BCUT2D eigenvalue weighted by molar-refractivity contribution is 5.98. The van der Waals surface area contributed by atoms with Crippen molar-refractivity contribution < 1.29 is 4.79 Å². The number of ketones is 1. The number of benzene rings is 1. The zero-order chi connectivity index (χ0) is 11.8. The van der Waals surface area contributed by atoms with E-state index >= 15 is 0 Å². The Morgan fingerprint density at radius 1 is 1.29 bits per heavy atom. The summed E-state index contributed by atoms with van der Waals surface area (Å²) >= 11 is 0. The van der Waals surface area contributed by atoms with E-state index in [4.69, 9.17) is 0 Å². The van der Waals surface area contributed by atoms with Crippen LogP contribution in [0.5, 0.6) is 0 Å². The van der Waals surface area contributed by atoms with Crippen LogP contribution in [0.15, 0.2) is 30.6 Å². The molecule has 0 unspecified atom stereocenters. The number of carbonyl (C=O) groups is 1. The summed E-state index contributed by atoms with van der Waals surface area (Å²) < 4.78 is 2.04. The van der Waals surface area contributed by atoms with Gasteiger partial charge in [-0.25, -0.2) is 4.98 Å². The second-order valence-corrected chi connectivity index (χ2v) is 4.46. The largest absolute Gasteiger partial charge is 0.304 e. The number of aryl methyl sites for hydroxylation is 2. The number of aromatic nitrogens is 2. The van der Waals surface area contributed by atoms with Crippen LogP contribution in [0.3, 0.4) is 0 Å². The molecule has 86 valence electrons. The van der Waals surface area contributed by atoms with E-state index in [1.165, 1.54) is 5.56 Å². The minimum Gasteiger partial charge on any atom is -0.304 e. The molecule has 1 aliphatic rings. The Hall–Kier alpha value is -1.90. The van der Waals surface area contributed by atoms with Gasteiger partial charge >= 0.3 is 0 Å². The molecule has 1 aromatic heterocycles. The van der Waals surface area contributed by atoms with E-state index in [1.807, 2.05) is 29.8 Å². The molecule has 3 heteroatoms. The van der Waals surface area contributed by atoms with Crippen LogP contribution in [0.4, 0.5) is 0 Å². The van der Waals surface area contributed by atoms with Gasteiger partial charge in [0.2, 0.25) is 0 Å². The normalized spacial score (nSPS) is 14.8. The summed E-state index contributed by atoms with van der Waals surface area (Å²) in [7, 11) is 0. The lowest BCUT2D eigenvalue weighted by Gasteiger charge is -2.16. The number of fused-ring (bicyclic) bond motifs is 1. The number of nitrogens with zero attached hydrogens (tertiary/aromatic N) is 2. The maximum absolute atomic E-state index is 11.7. The average Bonchev–Trinajstić information content (AvgIpc) is 2.75. The standard InChI is InChI=1S/C14H14N2O/c1-10-15-7-8-16(10)12-5-6-13-11(9-12)3-2-4-14(13)17/h5-9H,2-4H2,1H3. The molecule has 0 saturated carbocycles. The van der Waals surface area contributed by atoms with Gasteiger partial charge in [0, 0.05) is 30.1 Å². The Morgan fingerprint density at radius 2 is 2.18 bits per heavy atom. The number of carbonyl (C=O) groups excluding carboxylic acids is 1. The Morgan fingerprint density at radius 3 is 2.94 bits per heavy atom. The third kappa shape index (κ3) is 1.68. The topological polar surface area (TPSA) is 34.9 Å². The quantitative estimate of drug-likeness (QED) is 0.749. The van der Waals surface area contributed by atoms with Crippen molar-refractivity contribution in [3.63, 3.8) is 0 Å². The van der Waals surface area contributed by atoms with Gasteiger partial charge in [-0.1, -0.05) is 0 Å². The molecule has 0 saturated heterocycles. The smallest absolute Gasteiger partial charge is 0.163 e.